The van der Waals surface area contributed by atoms with Gasteiger partial charge in [-0.1, -0.05) is 29.8 Å². The van der Waals surface area contributed by atoms with Crippen LogP contribution in [0.1, 0.15) is 39.7 Å². The molecule has 1 fully saturated rings. The summed E-state index contributed by atoms with van der Waals surface area (Å²) in [7, 11) is 0. The second kappa shape index (κ2) is 6.49. The van der Waals surface area contributed by atoms with E-state index in [1.54, 1.807) is 15.8 Å². The minimum atomic E-state index is -0.989. The fraction of sp³-hybridized carbons (Fsp3) is 0.278. The van der Waals surface area contributed by atoms with Crippen molar-refractivity contribution in [2.45, 2.75) is 18.9 Å². The first-order valence-corrected chi connectivity index (χ1v) is 8.75. The van der Waals surface area contributed by atoms with Crippen LogP contribution in [0, 0.1) is 0 Å². The fourth-order valence-corrected chi connectivity index (χ4v) is 3.69. The lowest BCUT2D eigenvalue weighted by molar-refractivity contribution is 0.0684. The molecular weight excluding hydrogens is 356 g/mol. The molecule has 1 aliphatic rings. The molecule has 8 heteroatoms. The van der Waals surface area contributed by atoms with Crippen molar-refractivity contribution < 1.29 is 14.7 Å². The number of carbonyl (C=O) groups is 2. The Morgan fingerprint density at radius 1 is 1.23 bits per heavy atom. The molecular formula is C18H17ClN4O3. The van der Waals surface area contributed by atoms with Gasteiger partial charge in [0.15, 0.2) is 0 Å². The van der Waals surface area contributed by atoms with Gasteiger partial charge in [0.1, 0.15) is 5.69 Å². The van der Waals surface area contributed by atoms with Crippen LogP contribution in [0.15, 0.2) is 36.7 Å². The lowest BCUT2D eigenvalue weighted by Crippen LogP contribution is -2.39. The van der Waals surface area contributed by atoms with Gasteiger partial charge in [-0.3, -0.25) is 9.48 Å². The fourth-order valence-electron chi connectivity index (χ4n) is 3.39. The molecule has 2 N–H and O–H groups in total. The predicted octanol–water partition coefficient (Wildman–Crippen LogP) is 3.19. The number of aromatic amines is 1. The van der Waals surface area contributed by atoms with E-state index in [-0.39, 0.29) is 17.5 Å². The number of nitrogens with one attached hydrogen (secondary N) is 1. The summed E-state index contributed by atoms with van der Waals surface area (Å²) in [5.74, 6) is -1.10. The molecule has 0 bridgehead atoms. The molecule has 0 radical (unpaired) electrons. The average molecular weight is 373 g/mol. The first-order chi connectivity index (χ1) is 12.5. The lowest BCUT2D eigenvalue weighted by atomic mass is 10.0. The number of carboxylic acids is 1. The Bertz CT molecular complexity index is 985. The number of rotatable bonds is 3. The highest BCUT2D eigenvalue weighted by molar-refractivity contribution is 6.38. The van der Waals surface area contributed by atoms with Crippen LogP contribution in [0.5, 0.6) is 0 Å². The monoisotopic (exact) mass is 372 g/mol. The number of carbonyl (C=O) groups excluding carboxylic acids is 1. The third kappa shape index (κ3) is 2.84. The number of hydrogen-bond acceptors (Lipinski definition) is 3. The number of benzene rings is 1. The predicted molar refractivity (Wildman–Crippen MR) is 96.7 cm³/mol. The van der Waals surface area contributed by atoms with Crippen molar-refractivity contribution in [2.75, 3.05) is 13.1 Å². The average Bonchev–Trinajstić information content (AvgIpc) is 3.27. The summed E-state index contributed by atoms with van der Waals surface area (Å²) in [5, 5.41) is 14.4. The van der Waals surface area contributed by atoms with Gasteiger partial charge in [0.2, 0.25) is 0 Å². The topological polar surface area (TPSA) is 91.2 Å². The summed E-state index contributed by atoms with van der Waals surface area (Å²) in [6.07, 6.45) is 4.32. The molecule has 0 spiro atoms. The third-order valence-electron chi connectivity index (χ3n) is 4.83. The Hall–Kier alpha value is -2.80. The van der Waals surface area contributed by atoms with E-state index in [1.165, 1.54) is 6.20 Å². The number of aromatic carboxylic acids is 1. The zero-order valence-electron chi connectivity index (χ0n) is 13.9. The Morgan fingerprint density at radius 3 is 2.62 bits per heavy atom. The highest BCUT2D eigenvalue weighted by Gasteiger charge is 2.28. The van der Waals surface area contributed by atoms with Crippen molar-refractivity contribution in [1.29, 1.82) is 0 Å². The van der Waals surface area contributed by atoms with E-state index in [4.69, 9.17) is 16.7 Å². The number of aromatic nitrogens is 3. The van der Waals surface area contributed by atoms with E-state index in [0.717, 1.165) is 10.9 Å². The SMILES string of the molecule is O=C(O)c1cnn(C2CCN(C(=O)c3[nH]c4ccccc4c3Cl)CC2)c1. The van der Waals surface area contributed by atoms with Gasteiger partial charge < -0.3 is 15.0 Å². The van der Waals surface area contributed by atoms with Crippen LogP contribution in [-0.4, -0.2) is 49.7 Å². The standard InChI is InChI=1S/C18H17ClN4O3/c19-15-13-3-1-2-4-14(13)21-16(15)17(24)22-7-5-12(6-8-22)23-10-11(9-20-23)18(25)26/h1-4,9-10,12,21H,5-8H2,(H,25,26). The summed E-state index contributed by atoms with van der Waals surface area (Å²) in [6, 6.07) is 7.64. The van der Waals surface area contributed by atoms with E-state index in [9.17, 15) is 9.59 Å². The molecule has 0 saturated carbocycles. The maximum absolute atomic E-state index is 12.8. The Kier molecular flexibility index (Phi) is 4.16. The van der Waals surface area contributed by atoms with Crippen molar-refractivity contribution in [1.82, 2.24) is 19.7 Å². The number of piperidine rings is 1. The van der Waals surface area contributed by atoms with Crippen molar-refractivity contribution in [2.24, 2.45) is 0 Å². The smallest absolute Gasteiger partial charge is 0.338 e. The summed E-state index contributed by atoms with van der Waals surface area (Å²) >= 11 is 6.38. The van der Waals surface area contributed by atoms with Crippen molar-refractivity contribution in [3.05, 3.63) is 52.9 Å². The van der Waals surface area contributed by atoms with E-state index >= 15 is 0 Å². The number of para-hydroxylation sites is 1. The number of amides is 1. The van der Waals surface area contributed by atoms with Crippen LogP contribution in [0.3, 0.4) is 0 Å². The van der Waals surface area contributed by atoms with Crippen molar-refractivity contribution in [3.63, 3.8) is 0 Å². The van der Waals surface area contributed by atoms with E-state index < -0.39 is 5.97 Å². The third-order valence-corrected chi connectivity index (χ3v) is 5.22. The molecule has 0 unspecified atom stereocenters. The Morgan fingerprint density at radius 2 is 1.96 bits per heavy atom. The Balaban J connectivity index is 1.47. The van der Waals surface area contributed by atoms with Gasteiger partial charge in [0.25, 0.3) is 5.91 Å². The highest BCUT2D eigenvalue weighted by Crippen LogP contribution is 2.30. The first kappa shape index (κ1) is 16.7. The highest BCUT2D eigenvalue weighted by atomic mass is 35.5. The number of carboxylic acid groups (broad SMARTS) is 1. The number of hydrogen-bond donors (Lipinski definition) is 2. The van der Waals surface area contributed by atoms with Crippen LogP contribution in [0.2, 0.25) is 5.02 Å². The number of halogens is 1. The van der Waals surface area contributed by atoms with Crippen LogP contribution >= 0.6 is 11.6 Å². The number of fused-ring (bicyclic) bond motifs is 1. The molecule has 3 heterocycles. The second-order valence-corrected chi connectivity index (χ2v) is 6.78. The van der Waals surface area contributed by atoms with Crippen molar-refractivity contribution in [3.8, 4) is 0 Å². The van der Waals surface area contributed by atoms with E-state index in [0.29, 0.717) is 36.6 Å². The molecule has 7 nitrogen and oxygen atoms in total. The maximum Gasteiger partial charge on any atom is 0.338 e. The Labute approximate surface area is 154 Å². The largest absolute Gasteiger partial charge is 0.478 e. The summed E-state index contributed by atoms with van der Waals surface area (Å²) in [6.45, 7) is 1.13. The van der Waals surface area contributed by atoms with Crippen molar-refractivity contribution >= 4 is 34.4 Å². The van der Waals surface area contributed by atoms with Crippen LogP contribution in [-0.2, 0) is 0 Å². The number of likely N-dealkylation sites (tertiary alicyclic amines) is 1. The van der Waals surface area contributed by atoms with E-state index in [1.807, 2.05) is 24.3 Å². The minimum absolute atomic E-state index is 0.0883. The zero-order chi connectivity index (χ0) is 18.3. The quantitative estimate of drug-likeness (QED) is 0.738. The molecule has 4 rings (SSSR count). The van der Waals surface area contributed by atoms with Gasteiger partial charge in [0.05, 0.1) is 22.8 Å². The number of nitrogens with zero attached hydrogens (tertiary/aromatic N) is 3. The van der Waals surface area contributed by atoms with Crippen LogP contribution in [0.25, 0.3) is 10.9 Å². The first-order valence-electron chi connectivity index (χ1n) is 8.37. The maximum atomic E-state index is 12.8. The van der Waals surface area contributed by atoms with Crippen LogP contribution < -0.4 is 0 Å². The molecule has 0 aliphatic carbocycles. The van der Waals surface area contributed by atoms with Gasteiger partial charge in [-0.2, -0.15) is 5.10 Å². The summed E-state index contributed by atoms with van der Waals surface area (Å²) in [5.41, 5.74) is 1.43. The summed E-state index contributed by atoms with van der Waals surface area (Å²) in [4.78, 5) is 28.7. The zero-order valence-corrected chi connectivity index (χ0v) is 14.6. The molecule has 1 aliphatic heterocycles. The van der Waals surface area contributed by atoms with Crippen LogP contribution in [0.4, 0.5) is 0 Å². The normalized spacial score (nSPS) is 15.5. The molecule has 2 aromatic heterocycles. The summed E-state index contributed by atoms with van der Waals surface area (Å²) < 4.78 is 1.68. The minimum Gasteiger partial charge on any atom is -0.478 e. The molecule has 1 amide bonds. The number of H-pyrrole nitrogens is 1. The second-order valence-electron chi connectivity index (χ2n) is 6.40. The van der Waals surface area contributed by atoms with E-state index in [2.05, 4.69) is 10.1 Å². The molecule has 1 saturated heterocycles. The molecule has 0 atom stereocenters. The van der Waals surface area contributed by atoms with Gasteiger partial charge in [-0.15, -0.1) is 0 Å². The van der Waals surface area contributed by atoms with Gasteiger partial charge >= 0.3 is 5.97 Å². The van der Waals surface area contributed by atoms with Gasteiger partial charge in [-0.05, 0) is 18.9 Å². The van der Waals surface area contributed by atoms with Gasteiger partial charge in [-0.25, -0.2) is 4.79 Å². The lowest BCUT2D eigenvalue weighted by Gasteiger charge is -2.32. The molecule has 134 valence electrons. The molecule has 26 heavy (non-hydrogen) atoms. The molecule has 3 aromatic rings. The molecule has 1 aromatic carbocycles. The van der Waals surface area contributed by atoms with Gasteiger partial charge in [0, 0.05) is 30.2 Å².